The van der Waals surface area contributed by atoms with E-state index < -0.39 is 32.5 Å². The Morgan fingerprint density at radius 1 is 0.750 bits per heavy atom. The first-order valence-corrected chi connectivity index (χ1v) is 14.8. The summed E-state index contributed by atoms with van der Waals surface area (Å²) in [5, 5.41) is 0. The molecule has 0 radical (unpaired) electrons. The third kappa shape index (κ3) is 25.4. The summed E-state index contributed by atoms with van der Waals surface area (Å²) < 4.78 is 25.8. The van der Waals surface area contributed by atoms with Crippen LogP contribution in [0.25, 0.3) is 0 Å². The van der Waals surface area contributed by atoms with Crippen molar-refractivity contribution >= 4 is 19.8 Å². The van der Waals surface area contributed by atoms with Gasteiger partial charge in [0.15, 0.2) is 6.10 Å². The molecule has 0 aromatic carbocycles. The average Bonchev–Trinajstić information content (AvgIpc) is 2.83. The van der Waals surface area contributed by atoms with Crippen molar-refractivity contribution in [2.75, 3.05) is 13.2 Å². The maximum absolute atomic E-state index is 12.2. The molecule has 2 N–H and O–H groups in total. The van der Waals surface area contributed by atoms with E-state index in [1.54, 1.807) is 0 Å². The van der Waals surface area contributed by atoms with Crippen LogP contribution in [-0.4, -0.2) is 41.0 Å². The second-order valence-corrected chi connectivity index (χ2v) is 9.88. The quantitative estimate of drug-likeness (QED) is 0.0646. The van der Waals surface area contributed by atoms with Crippen LogP contribution in [0.5, 0.6) is 0 Å². The summed E-state index contributed by atoms with van der Waals surface area (Å²) >= 11 is 0. The van der Waals surface area contributed by atoms with Crippen LogP contribution in [0.15, 0.2) is 36.5 Å². The molecule has 0 aromatic heterocycles. The molecular formula is C27H47O8P. The Labute approximate surface area is 217 Å². The van der Waals surface area contributed by atoms with Gasteiger partial charge in [0.25, 0.3) is 0 Å². The van der Waals surface area contributed by atoms with Crippen molar-refractivity contribution in [2.45, 2.75) is 110 Å². The first kappa shape index (κ1) is 34.3. The Balaban J connectivity index is 4.16. The van der Waals surface area contributed by atoms with Gasteiger partial charge in [0, 0.05) is 12.8 Å². The lowest BCUT2D eigenvalue weighted by Gasteiger charge is -2.18. The molecule has 0 aromatic rings. The van der Waals surface area contributed by atoms with E-state index in [0.717, 1.165) is 64.2 Å². The van der Waals surface area contributed by atoms with Crippen molar-refractivity contribution in [1.82, 2.24) is 0 Å². The molecule has 1 atom stereocenters. The number of phosphoric ester groups is 1. The van der Waals surface area contributed by atoms with E-state index in [1.165, 1.54) is 0 Å². The van der Waals surface area contributed by atoms with Gasteiger partial charge < -0.3 is 19.3 Å². The number of esters is 2. The minimum absolute atomic E-state index is 0.176. The molecule has 0 aliphatic rings. The predicted molar refractivity (Wildman–Crippen MR) is 142 cm³/mol. The van der Waals surface area contributed by atoms with Gasteiger partial charge in [-0.05, 0) is 44.9 Å². The lowest BCUT2D eigenvalue weighted by atomic mass is 10.1. The minimum Gasteiger partial charge on any atom is -0.462 e. The van der Waals surface area contributed by atoms with E-state index in [0.29, 0.717) is 12.8 Å². The zero-order valence-electron chi connectivity index (χ0n) is 22.1. The fourth-order valence-corrected chi connectivity index (χ4v) is 3.57. The molecule has 0 saturated heterocycles. The molecule has 8 nitrogen and oxygen atoms in total. The van der Waals surface area contributed by atoms with Crippen LogP contribution in [0.1, 0.15) is 104 Å². The lowest BCUT2D eigenvalue weighted by molar-refractivity contribution is -0.161. The number of unbranched alkanes of at least 4 members (excludes halogenated alkanes) is 7. The first-order chi connectivity index (χ1) is 17.3. The zero-order valence-corrected chi connectivity index (χ0v) is 23.0. The summed E-state index contributed by atoms with van der Waals surface area (Å²) in [6.45, 7) is 3.38. The van der Waals surface area contributed by atoms with E-state index in [4.69, 9.17) is 19.3 Å². The molecule has 0 spiro atoms. The van der Waals surface area contributed by atoms with E-state index in [9.17, 15) is 14.2 Å². The summed E-state index contributed by atoms with van der Waals surface area (Å²) in [6.07, 6.45) is 23.5. The molecular weight excluding hydrogens is 483 g/mol. The van der Waals surface area contributed by atoms with Crippen molar-refractivity contribution < 1.29 is 37.9 Å². The number of carbonyl (C=O) groups excluding carboxylic acids is 2. The third-order valence-electron chi connectivity index (χ3n) is 5.17. The fraction of sp³-hybridized carbons (Fsp3) is 0.704. The Morgan fingerprint density at radius 2 is 1.33 bits per heavy atom. The van der Waals surface area contributed by atoms with Crippen molar-refractivity contribution in [2.24, 2.45) is 0 Å². The Bertz CT molecular complexity index is 696. The van der Waals surface area contributed by atoms with Crippen molar-refractivity contribution in [1.29, 1.82) is 0 Å². The molecule has 0 bridgehead atoms. The van der Waals surface area contributed by atoms with Gasteiger partial charge >= 0.3 is 19.8 Å². The summed E-state index contributed by atoms with van der Waals surface area (Å²) in [5.41, 5.74) is 0. The number of ether oxygens (including phenoxy) is 2. The van der Waals surface area contributed by atoms with Crippen molar-refractivity contribution in [3.63, 3.8) is 0 Å². The molecule has 0 rings (SSSR count). The largest absolute Gasteiger partial charge is 0.469 e. The van der Waals surface area contributed by atoms with Crippen LogP contribution in [0, 0.1) is 0 Å². The molecule has 36 heavy (non-hydrogen) atoms. The highest BCUT2D eigenvalue weighted by Gasteiger charge is 2.22. The smallest absolute Gasteiger partial charge is 0.462 e. The second-order valence-electron chi connectivity index (χ2n) is 8.64. The number of hydrogen-bond donors (Lipinski definition) is 2. The molecule has 208 valence electrons. The third-order valence-corrected chi connectivity index (χ3v) is 5.66. The normalized spacial score (nSPS) is 13.1. The SMILES string of the molecule is CC/C=C\C/C=C\C/C=C\CCCCCC(=O)OC(COC(=O)CCCCCCC)COP(=O)(O)O. The van der Waals surface area contributed by atoms with Crippen molar-refractivity contribution in [3.05, 3.63) is 36.5 Å². The summed E-state index contributed by atoms with van der Waals surface area (Å²) in [7, 11) is -4.74. The number of phosphoric acid groups is 1. The number of rotatable bonds is 23. The van der Waals surface area contributed by atoms with E-state index in [2.05, 4.69) is 54.8 Å². The highest BCUT2D eigenvalue weighted by atomic mass is 31.2. The van der Waals surface area contributed by atoms with Gasteiger partial charge in [-0.3, -0.25) is 14.1 Å². The molecule has 0 aliphatic heterocycles. The van der Waals surface area contributed by atoms with Gasteiger partial charge in [-0.1, -0.05) is 82.4 Å². The number of carbonyl (C=O) groups is 2. The maximum Gasteiger partial charge on any atom is 0.469 e. The topological polar surface area (TPSA) is 119 Å². The molecule has 0 fully saturated rings. The average molecular weight is 531 g/mol. The van der Waals surface area contributed by atoms with Gasteiger partial charge in [0.05, 0.1) is 6.61 Å². The molecule has 9 heteroatoms. The van der Waals surface area contributed by atoms with E-state index >= 15 is 0 Å². The fourth-order valence-electron chi connectivity index (χ4n) is 3.21. The van der Waals surface area contributed by atoms with Crippen LogP contribution in [0.2, 0.25) is 0 Å². The van der Waals surface area contributed by atoms with Gasteiger partial charge in [-0.25, -0.2) is 4.57 Å². The lowest BCUT2D eigenvalue weighted by Crippen LogP contribution is -2.29. The van der Waals surface area contributed by atoms with Gasteiger partial charge in [0.2, 0.25) is 0 Å². The Morgan fingerprint density at radius 3 is 1.97 bits per heavy atom. The van der Waals surface area contributed by atoms with Crippen LogP contribution < -0.4 is 0 Å². The monoisotopic (exact) mass is 530 g/mol. The predicted octanol–water partition coefficient (Wildman–Crippen LogP) is 6.72. The van der Waals surface area contributed by atoms with Gasteiger partial charge in [-0.15, -0.1) is 0 Å². The Hall–Kier alpha value is -1.73. The molecule has 0 saturated carbocycles. The van der Waals surface area contributed by atoms with Gasteiger partial charge in [0.1, 0.15) is 6.61 Å². The molecule has 0 amide bonds. The van der Waals surface area contributed by atoms with Crippen LogP contribution in [-0.2, 0) is 28.2 Å². The maximum atomic E-state index is 12.2. The van der Waals surface area contributed by atoms with E-state index in [1.807, 2.05) is 0 Å². The standard InChI is InChI=1S/C27H47O8P/c1-3-5-7-9-10-11-12-13-14-15-16-18-20-22-27(29)35-25(24-34-36(30,31)32)23-33-26(28)21-19-17-8-6-4-2/h5,7,10-11,13-14,25H,3-4,6,8-9,12,15-24H2,1-2H3,(H2,30,31,32)/b7-5-,11-10-,14-13-. The highest BCUT2D eigenvalue weighted by molar-refractivity contribution is 7.46. The summed E-state index contributed by atoms with van der Waals surface area (Å²) in [6, 6.07) is 0. The number of hydrogen-bond acceptors (Lipinski definition) is 6. The highest BCUT2D eigenvalue weighted by Crippen LogP contribution is 2.35. The second kappa shape index (κ2) is 23.7. The molecule has 1 unspecified atom stereocenters. The van der Waals surface area contributed by atoms with Crippen molar-refractivity contribution in [3.8, 4) is 0 Å². The first-order valence-electron chi connectivity index (χ1n) is 13.3. The van der Waals surface area contributed by atoms with Crippen LogP contribution in [0.3, 0.4) is 0 Å². The molecule has 0 aliphatic carbocycles. The molecule has 0 heterocycles. The summed E-state index contributed by atoms with van der Waals surface area (Å²) in [4.78, 5) is 41.9. The number of allylic oxidation sites excluding steroid dienone is 6. The minimum atomic E-state index is -4.74. The van der Waals surface area contributed by atoms with Crippen LogP contribution in [0.4, 0.5) is 0 Å². The van der Waals surface area contributed by atoms with Crippen LogP contribution >= 0.6 is 7.82 Å². The summed E-state index contributed by atoms with van der Waals surface area (Å²) in [5.74, 6) is -0.941. The zero-order chi connectivity index (χ0) is 26.9. The van der Waals surface area contributed by atoms with E-state index in [-0.39, 0.29) is 19.4 Å². The van der Waals surface area contributed by atoms with Gasteiger partial charge in [-0.2, -0.15) is 0 Å². The Kier molecular flexibility index (Phi) is 22.5.